The first-order chi connectivity index (χ1) is 5.94. The van der Waals surface area contributed by atoms with Crippen molar-refractivity contribution < 1.29 is 8.42 Å². The van der Waals surface area contributed by atoms with Crippen LogP contribution in [-0.2, 0) is 10.0 Å². The molecule has 0 radical (unpaired) electrons. The lowest BCUT2D eigenvalue weighted by molar-refractivity contribution is 0.507. The molecule has 0 aromatic rings. The van der Waals surface area contributed by atoms with Crippen molar-refractivity contribution in [2.75, 3.05) is 7.05 Å². The highest BCUT2D eigenvalue weighted by Gasteiger charge is 2.40. The SMILES string of the molecule is CNS(=O)(=O)C1(C)C=CC=CC1C. The first kappa shape index (κ1) is 10.5. The van der Waals surface area contributed by atoms with Gasteiger partial charge in [-0.3, -0.25) is 0 Å². The third-order valence-electron chi connectivity index (χ3n) is 2.69. The molecule has 0 amide bonds. The normalized spacial score (nSPS) is 33.6. The van der Waals surface area contributed by atoms with Gasteiger partial charge in [0.05, 0.1) is 0 Å². The van der Waals surface area contributed by atoms with Gasteiger partial charge < -0.3 is 0 Å². The Labute approximate surface area is 79.6 Å². The zero-order valence-electron chi connectivity index (χ0n) is 8.11. The van der Waals surface area contributed by atoms with Gasteiger partial charge in [0, 0.05) is 0 Å². The zero-order valence-corrected chi connectivity index (χ0v) is 8.93. The van der Waals surface area contributed by atoms with E-state index < -0.39 is 14.8 Å². The first-order valence-electron chi connectivity index (χ1n) is 4.23. The van der Waals surface area contributed by atoms with Crippen LogP contribution in [0.2, 0.25) is 0 Å². The number of rotatable bonds is 2. The van der Waals surface area contributed by atoms with Crippen molar-refractivity contribution in [2.45, 2.75) is 18.6 Å². The van der Waals surface area contributed by atoms with E-state index in [9.17, 15) is 8.42 Å². The second-order valence-electron chi connectivity index (χ2n) is 3.42. The molecule has 1 aliphatic carbocycles. The Morgan fingerprint density at radius 1 is 1.38 bits per heavy atom. The third kappa shape index (κ3) is 1.56. The third-order valence-corrected chi connectivity index (χ3v) is 4.89. The Morgan fingerprint density at radius 3 is 2.46 bits per heavy atom. The van der Waals surface area contributed by atoms with Crippen LogP contribution in [0.15, 0.2) is 24.3 Å². The van der Waals surface area contributed by atoms with Gasteiger partial charge in [-0.1, -0.05) is 31.2 Å². The van der Waals surface area contributed by atoms with Gasteiger partial charge in [0.2, 0.25) is 10.0 Å². The van der Waals surface area contributed by atoms with Crippen LogP contribution in [-0.4, -0.2) is 20.2 Å². The minimum atomic E-state index is -3.26. The molecular formula is C9H15NO2S. The van der Waals surface area contributed by atoms with Gasteiger partial charge in [-0.05, 0) is 19.9 Å². The van der Waals surface area contributed by atoms with Gasteiger partial charge in [-0.2, -0.15) is 0 Å². The molecule has 4 heteroatoms. The maximum absolute atomic E-state index is 11.7. The standard InChI is InChI=1S/C9H15NO2S/c1-8-6-4-5-7-9(8,2)13(11,12)10-3/h4-8,10H,1-3H3. The molecule has 3 nitrogen and oxygen atoms in total. The summed E-state index contributed by atoms with van der Waals surface area (Å²) >= 11 is 0. The van der Waals surface area contributed by atoms with E-state index in [0.29, 0.717) is 0 Å². The van der Waals surface area contributed by atoms with Crippen molar-refractivity contribution >= 4 is 10.0 Å². The Bertz CT molecular complexity index is 343. The molecule has 1 N–H and O–H groups in total. The fourth-order valence-corrected chi connectivity index (χ4v) is 2.64. The summed E-state index contributed by atoms with van der Waals surface area (Å²) in [6.07, 6.45) is 7.27. The lowest BCUT2D eigenvalue weighted by atomic mass is 9.91. The van der Waals surface area contributed by atoms with Gasteiger partial charge in [0.15, 0.2) is 0 Å². The van der Waals surface area contributed by atoms with E-state index in [0.717, 1.165) is 0 Å². The number of hydrogen-bond acceptors (Lipinski definition) is 2. The molecule has 0 aliphatic heterocycles. The van der Waals surface area contributed by atoms with Crippen molar-refractivity contribution in [3.8, 4) is 0 Å². The highest BCUT2D eigenvalue weighted by molar-refractivity contribution is 7.91. The second kappa shape index (κ2) is 3.27. The molecule has 2 unspecified atom stereocenters. The Balaban J connectivity index is 3.15. The minimum Gasteiger partial charge on any atom is -0.218 e. The molecule has 74 valence electrons. The molecule has 0 heterocycles. The van der Waals surface area contributed by atoms with Crippen LogP contribution in [0.25, 0.3) is 0 Å². The largest absolute Gasteiger partial charge is 0.221 e. The fourth-order valence-electron chi connectivity index (χ4n) is 1.37. The maximum atomic E-state index is 11.7. The van der Waals surface area contributed by atoms with Crippen LogP contribution in [0.5, 0.6) is 0 Å². The Hall–Kier alpha value is -0.610. The molecule has 0 saturated carbocycles. The first-order valence-corrected chi connectivity index (χ1v) is 5.71. The minimum absolute atomic E-state index is 0.00468. The molecule has 0 aromatic heterocycles. The summed E-state index contributed by atoms with van der Waals surface area (Å²) in [5, 5.41) is 0. The van der Waals surface area contributed by atoms with Gasteiger partial charge in [0.25, 0.3) is 0 Å². The quantitative estimate of drug-likeness (QED) is 0.726. The molecule has 2 atom stereocenters. The van der Waals surface area contributed by atoms with Crippen LogP contribution >= 0.6 is 0 Å². The van der Waals surface area contributed by atoms with E-state index in [4.69, 9.17) is 0 Å². The van der Waals surface area contributed by atoms with Crippen molar-refractivity contribution in [3.05, 3.63) is 24.3 Å². The van der Waals surface area contributed by atoms with Crippen LogP contribution < -0.4 is 4.72 Å². The Kier molecular flexibility index (Phi) is 2.63. The summed E-state index contributed by atoms with van der Waals surface area (Å²) in [6.45, 7) is 3.62. The van der Waals surface area contributed by atoms with Crippen molar-refractivity contribution in [3.63, 3.8) is 0 Å². The van der Waals surface area contributed by atoms with Gasteiger partial charge in [-0.15, -0.1) is 0 Å². The summed E-state index contributed by atoms with van der Waals surface area (Å²) in [5.41, 5.74) is 0. The average Bonchev–Trinajstić information content (AvgIpc) is 2.10. The number of sulfonamides is 1. The second-order valence-corrected chi connectivity index (χ2v) is 5.72. The summed E-state index contributed by atoms with van der Waals surface area (Å²) in [5.74, 6) is -0.00468. The molecule has 0 spiro atoms. The topological polar surface area (TPSA) is 46.2 Å². The molecular weight excluding hydrogens is 186 g/mol. The number of hydrogen-bond donors (Lipinski definition) is 1. The summed E-state index contributed by atoms with van der Waals surface area (Å²) in [6, 6.07) is 0. The van der Waals surface area contributed by atoms with Crippen LogP contribution in [0, 0.1) is 5.92 Å². The highest BCUT2D eigenvalue weighted by atomic mass is 32.2. The molecule has 0 saturated heterocycles. The number of allylic oxidation sites excluding steroid dienone is 3. The van der Waals surface area contributed by atoms with Gasteiger partial charge in [-0.25, -0.2) is 13.1 Å². The molecule has 0 aromatic carbocycles. The molecule has 0 fully saturated rings. The summed E-state index contributed by atoms with van der Waals surface area (Å²) in [4.78, 5) is 0. The molecule has 13 heavy (non-hydrogen) atoms. The van der Waals surface area contributed by atoms with E-state index >= 15 is 0 Å². The lowest BCUT2D eigenvalue weighted by Crippen LogP contribution is -2.45. The molecule has 0 bridgehead atoms. The van der Waals surface area contributed by atoms with Crippen molar-refractivity contribution in [2.24, 2.45) is 5.92 Å². The van der Waals surface area contributed by atoms with Crippen LogP contribution in [0.4, 0.5) is 0 Å². The highest BCUT2D eigenvalue weighted by Crippen LogP contribution is 2.30. The average molecular weight is 201 g/mol. The zero-order chi connectivity index (χ0) is 10.1. The number of nitrogens with one attached hydrogen (secondary N) is 1. The fraction of sp³-hybridized carbons (Fsp3) is 0.556. The predicted octanol–water partition coefficient (Wildman–Crippen LogP) is 1.06. The lowest BCUT2D eigenvalue weighted by Gasteiger charge is -2.31. The van der Waals surface area contributed by atoms with Gasteiger partial charge in [0.1, 0.15) is 4.75 Å². The Morgan fingerprint density at radius 2 is 2.00 bits per heavy atom. The van der Waals surface area contributed by atoms with Crippen LogP contribution in [0.3, 0.4) is 0 Å². The summed E-state index contributed by atoms with van der Waals surface area (Å²) in [7, 11) is -1.81. The van der Waals surface area contributed by atoms with Crippen LogP contribution in [0.1, 0.15) is 13.8 Å². The molecule has 1 aliphatic rings. The van der Waals surface area contributed by atoms with E-state index in [1.807, 2.05) is 19.1 Å². The van der Waals surface area contributed by atoms with E-state index in [1.165, 1.54) is 7.05 Å². The van der Waals surface area contributed by atoms with E-state index in [-0.39, 0.29) is 5.92 Å². The monoisotopic (exact) mass is 201 g/mol. The molecule has 1 rings (SSSR count). The maximum Gasteiger partial charge on any atom is 0.221 e. The summed E-state index contributed by atoms with van der Waals surface area (Å²) < 4.78 is 24.9. The van der Waals surface area contributed by atoms with Crippen molar-refractivity contribution in [1.29, 1.82) is 0 Å². The smallest absolute Gasteiger partial charge is 0.218 e. The van der Waals surface area contributed by atoms with Crippen molar-refractivity contribution in [1.82, 2.24) is 4.72 Å². The van der Waals surface area contributed by atoms with E-state index in [2.05, 4.69) is 4.72 Å². The predicted molar refractivity (Wildman–Crippen MR) is 53.8 cm³/mol. The van der Waals surface area contributed by atoms with E-state index in [1.54, 1.807) is 19.1 Å². The van der Waals surface area contributed by atoms with Gasteiger partial charge >= 0.3 is 0 Å².